The van der Waals surface area contributed by atoms with E-state index in [9.17, 15) is 19.8 Å². The normalized spacial score (nSPS) is 45.5. The van der Waals surface area contributed by atoms with Gasteiger partial charge in [-0.15, -0.1) is 0 Å². The minimum atomic E-state index is -0.948. The molecule has 0 aromatic carbocycles. The smallest absolute Gasteiger partial charge is 0.159 e. The average molecular weight is 445 g/mol. The number of hydrogen-bond donors (Lipinski definition) is 2. The van der Waals surface area contributed by atoms with Crippen LogP contribution in [-0.4, -0.2) is 33.5 Å². The van der Waals surface area contributed by atoms with Crippen molar-refractivity contribution in [3.63, 3.8) is 0 Å². The molecule has 9 unspecified atom stereocenters. The summed E-state index contributed by atoms with van der Waals surface area (Å²) in [6, 6.07) is 0. The number of carbonyl (C=O) groups is 2. The van der Waals surface area contributed by atoms with Crippen molar-refractivity contribution in [1.29, 1.82) is 0 Å². The second kappa shape index (κ2) is 8.05. The number of fused-ring (bicyclic) bond motifs is 5. The quantitative estimate of drug-likeness (QED) is 0.618. The molecule has 0 bridgehead atoms. The summed E-state index contributed by atoms with van der Waals surface area (Å²) in [4.78, 5) is 26.1. The Morgan fingerprint density at radius 1 is 1.06 bits per heavy atom. The zero-order valence-electron chi connectivity index (χ0n) is 21.0. The van der Waals surface area contributed by atoms with Crippen LogP contribution in [0.3, 0.4) is 0 Å². The molecule has 4 rings (SSSR count). The Balaban J connectivity index is 1.61. The first kappa shape index (κ1) is 24.1. The Hall–Kier alpha value is -1.00. The highest BCUT2D eigenvalue weighted by Gasteiger charge is 2.66. The molecule has 0 heterocycles. The van der Waals surface area contributed by atoms with Crippen molar-refractivity contribution in [2.75, 3.05) is 0 Å². The van der Waals surface area contributed by atoms with Crippen molar-refractivity contribution in [2.45, 2.75) is 105 Å². The average Bonchev–Trinajstić information content (AvgIpc) is 3.08. The molecule has 0 aromatic rings. The lowest BCUT2D eigenvalue weighted by Gasteiger charge is -2.61. The van der Waals surface area contributed by atoms with Crippen LogP contribution in [0.4, 0.5) is 0 Å². The van der Waals surface area contributed by atoms with Crippen LogP contribution in [0, 0.1) is 46.3 Å². The highest BCUT2D eigenvalue weighted by Crippen LogP contribution is 2.67. The molecule has 9 atom stereocenters. The van der Waals surface area contributed by atoms with Crippen molar-refractivity contribution in [3.8, 4) is 0 Å². The summed E-state index contributed by atoms with van der Waals surface area (Å²) < 4.78 is 0. The van der Waals surface area contributed by atoms with Gasteiger partial charge >= 0.3 is 0 Å². The number of allylic oxidation sites excluding steroid dienone is 1. The lowest BCUT2D eigenvalue weighted by Crippen LogP contribution is -2.63. The van der Waals surface area contributed by atoms with E-state index in [4.69, 9.17) is 0 Å². The van der Waals surface area contributed by atoms with E-state index < -0.39 is 17.1 Å². The molecule has 4 nitrogen and oxygen atoms in total. The van der Waals surface area contributed by atoms with Crippen molar-refractivity contribution in [3.05, 3.63) is 11.6 Å². The lowest BCUT2D eigenvalue weighted by molar-refractivity contribution is -0.166. The number of carbonyl (C=O) groups excluding carboxylic acids is 2. The summed E-state index contributed by atoms with van der Waals surface area (Å²) in [5.41, 5.74) is -0.434. The second-order valence-corrected chi connectivity index (χ2v) is 12.7. The van der Waals surface area contributed by atoms with Gasteiger partial charge in [0, 0.05) is 23.7 Å². The standard InChI is InChI=1S/C28H44O4/c1-16(2)18(4)24(30)13-17(3)20-7-8-21-22-15-25(31)23-14-19(29)9-10-27(23,6)28(22,32)12-11-26(20,21)5/h15-21,23,29,32H,7-14H2,1-6H3. The largest absolute Gasteiger partial charge is 0.393 e. The van der Waals surface area contributed by atoms with Gasteiger partial charge in [0.2, 0.25) is 0 Å². The van der Waals surface area contributed by atoms with Gasteiger partial charge in [-0.1, -0.05) is 41.5 Å². The minimum Gasteiger partial charge on any atom is -0.393 e. The SMILES string of the molecule is CC(C)C(C)C(=O)CC(C)C1CCC2C3=CC(=O)C4CC(O)CCC4(C)C3(O)CCC21C. The molecule has 0 aromatic heterocycles. The molecule has 180 valence electrons. The predicted octanol–water partition coefficient (Wildman–Crippen LogP) is 5.11. The Morgan fingerprint density at radius 3 is 2.41 bits per heavy atom. The molecule has 0 saturated heterocycles. The van der Waals surface area contributed by atoms with Crippen LogP contribution in [0.2, 0.25) is 0 Å². The number of ketones is 2. The maximum Gasteiger partial charge on any atom is 0.159 e. The molecule has 0 aliphatic heterocycles. The van der Waals surface area contributed by atoms with Crippen LogP contribution < -0.4 is 0 Å². The fraction of sp³-hybridized carbons (Fsp3) is 0.857. The molecule has 4 heteroatoms. The summed E-state index contributed by atoms with van der Waals surface area (Å²) in [6.45, 7) is 13.0. The van der Waals surface area contributed by atoms with Crippen molar-refractivity contribution >= 4 is 11.6 Å². The molecule has 2 N–H and O–H groups in total. The summed E-state index contributed by atoms with van der Waals surface area (Å²) >= 11 is 0. The van der Waals surface area contributed by atoms with Gasteiger partial charge in [0.1, 0.15) is 5.78 Å². The van der Waals surface area contributed by atoms with E-state index in [1.54, 1.807) is 6.08 Å². The molecule has 0 amide bonds. The number of aliphatic hydroxyl groups is 2. The van der Waals surface area contributed by atoms with Crippen LogP contribution >= 0.6 is 0 Å². The lowest BCUT2D eigenvalue weighted by atomic mass is 9.45. The van der Waals surface area contributed by atoms with Gasteiger partial charge in [-0.05, 0) is 85.7 Å². The first-order valence-corrected chi connectivity index (χ1v) is 13.0. The molecule has 3 fully saturated rings. The number of aliphatic hydroxyl groups excluding tert-OH is 1. The monoisotopic (exact) mass is 444 g/mol. The summed E-state index contributed by atoms with van der Waals surface area (Å²) in [5.74, 6) is 1.62. The van der Waals surface area contributed by atoms with Crippen molar-refractivity contribution in [2.24, 2.45) is 46.3 Å². The second-order valence-electron chi connectivity index (χ2n) is 12.7. The van der Waals surface area contributed by atoms with Crippen LogP contribution in [0.15, 0.2) is 11.6 Å². The van der Waals surface area contributed by atoms with Crippen molar-refractivity contribution < 1.29 is 19.8 Å². The fourth-order valence-electron chi connectivity index (χ4n) is 8.27. The fourth-order valence-corrected chi connectivity index (χ4v) is 8.27. The Bertz CT molecular complexity index is 814. The van der Waals surface area contributed by atoms with Crippen LogP contribution in [0.1, 0.15) is 92.9 Å². The first-order chi connectivity index (χ1) is 14.8. The Labute approximate surface area is 194 Å². The summed E-state index contributed by atoms with van der Waals surface area (Å²) in [5, 5.41) is 22.4. The molecule has 4 aliphatic rings. The number of hydrogen-bond acceptors (Lipinski definition) is 4. The molecule has 4 aliphatic carbocycles. The van der Waals surface area contributed by atoms with Crippen LogP contribution in [0.5, 0.6) is 0 Å². The third-order valence-corrected chi connectivity index (χ3v) is 10.9. The van der Waals surface area contributed by atoms with Gasteiger partial charge in [-0.25, -0.2) is 0 Å². The first-order valence-electron chi connectivity index (χ1n) is 13.0. The molecule has 0 spiro atoms. The van der Waals surface area contributed by atoms with E-state index in [2.05, 4.69) is 41.5 Å². The molecular formula is C28H44O4. The zero-order valence-corrected chi connectivity index (χ0v) is 21.0. The predicted molar refractivity (Wildman–Crippen MR) is 126 cm³/mol. The maximum absolute atomic E-state index is 13.2. The maximum atomic E-state index is 13.2. The van der Waals surface area contributed by atoms with Gasteiger partial charge in [-0.3, -0.25) is 9.59 Å². The van der Waals surface area contributed by atoms with E-state index in [0.717, 1.165) is 24.8 Å². The highest BCUT2D eigenvalue weighted by molar-refractivity contribution is 5.95. The molecular weight excluding hydrogens is 400 g/mol. The van der Waals surface area contributed by atoms with Crippen molar-refractivity contribution in [1.82, 2.24) is 0 Å². The van der Waals surface area contributed by atoms with E-state index in [1.165, 1.54) is 0 Å². The van der Waals surface area contributed by atoms with E-state index in [1.807, 2.05) is 0 Å². The third kappa shape index (κ3) is 3.38. The van der Waals surface area contributed by atoms with Gasteiger partial charge < -0.3 is 10.2 Å². The third-order valence-electron chi connectivity index (χ3n) is 10.9. The van der Waals surface area contributed by atoms with Gasteiger partial charge in [0.25, 0.3) is 0 Å². The van der Waals surface area contributed by atoms with Crippen LogP contribution in [-0.2, 0) is 9.59 Å². The van der Waals surface area contributed by atoms with Gasteiger partial charge in [0.05, 0.1) is 11.7 Å². The minimum absolute atomic E-state index is 0.0243. The van der Waals surface area contributed by atoms with E-state index >= 15 is 0 Å². The zero-order chi connectivity index (χ0) is 23.6. The Morgan fingerprint density at radius 2 is 1.75 bits per heavy atom. The molecule has 32 heavy (non-hydrogen) atoms. The summed E-state index contributed by atoms with van der Waals surface area (Å²) in [7, 11) is 0. The number of rotatable bonds is 5. The molecule has 3 saturated carbocycles. The molecule has 0 radical (unpaired) electrons. The van der Waals surface area contributed by atoms with Gasteiger partial charge in [-0.2, -0.15) is 0 Å². The van der Waals surface area contributed by atoms with Crippen LogP contribution in [0.25, 0.3) is 0 Å². The Kier molecular flexibility index (Phi) is 6.07. The topological polar surface area (TPSA) is 74.6 Å². The van der Waals surface area contributed by atoms with Gasteiger partial charge in [0.15, 0.2) is 5.78 Å². The van der Waals surface area contributed by atoms with E-state index in [-0.39, 0.29) is 29.0 Å². The number of Topliss-reactive ketones (excluding diaryl/α,β-unsaturated/α-hetero) is 1. The summed E-state index contributed by atoms with van der Waals surface area (Å²) in [6.07, 6.45) is 7.48. The highest BCUT2D eigenvalue weighted by atomic mass is 16.3. The van der Waals surface area contributed by atoms with E-state index in [0.29, 0.717) is 55.6 Å².